The summed E-state index contributed by atoms with van der Waals surface area (Å²) in [5.74, 6) is -0.605. The van der Waals surface area contributed by atoms with Crippen LogP contribution in [0, 0.1) is 15.9 Å². The van der Waals surface area contributed by atoms with E-state index in [0.717, 1.165) is 25.3 Å². The topological polar surface area (TPSA) is 64.4 Å². The number of hydrogen-bond acceptors (Lipinski definition) is 5. The molecule has 2 rings (SSSR count). The fourth-order valence-corrected chi connectivity index (χ4v) is 3.29. The Hall–Kier alpha value is -1.50. The van der Waals surface area contributed by atoms with Gasteiger partial charge >= 0.3 is 5.69 Å². The van der Waals surface area contributed by atoms with Gasteiger partial charge in [0.2, 0.25) is 5.82 Å². The highest BCUT2D eigenvalue weighted by Gasteiger charge is 2.28. The number of rotatable bonds is 5. The summed E-state index contributed by atoms with van der Waals surface area (Å²) in [4.78, 5) is 10.3. The number of hydrogen-bond donors (Lipinski definition) is 1. The Morgan fingerprint density at radius 2 is 2.25 bits per heavy atom. The van der Waals surface area contributed by atoms with E-state index in [2.05, 4.69) is 11.6 Å². The first-order chi connectivity index (χ1) is 9.55. The van der Waals surface area contributed by atoms with Crippen LogP contribution < -0.4 is 10.1 Å². The van der Waals surface area contributed by atoms with Gasteiger partial charge in [-0.3, -0.25) is 10.1 Å². The molecular formula is C13H17FN2O3S. The first-order valence-corrected chi connectivity index (χ1v) is 7.65. The highest BCUT2D eigenvalue weighted by atomic mass is 32.2. The molecule has 0 amide bonds. The van der Waals surface area contributed by atoms with Crippen LogP contribution in [0.25, 0.3) is 0 Å². The van der Waals surface area contributed by atoms with Gasteiger partial charge < -0.3 is 10.1 Å². The minimum atomic E-state index is -0.878. The fourth-order valence-electron chi connectivity index (χ4n) is 2.49. The second-order valence-electron chi connectivity index (χ2n) is 4.77. The molecule has 1 saturated carbocycles. The van der Waals surface area contributed by atoms with E-state index in [1.165, 1.54) is 13.2 Å². The van der Waals surface area contributed by atoms with Gasteiger partial charge in [0.25, 0.3) is 0 Å². The van der Waals surface area contributed by atoms with E-state index in [1.54, 1.807) is 11.8 Å². The maximum atomic E-state index is 13.8. The number of halogens is 1. The summed E-state index contributed by atoms with van der Waals surface area (Å²) in [5.41, 5.74) is -0.322. The van der Waals surface area contributed by atoms with Crippen molar-refractivity contribution in [2.45, 2.75) is 30.6 Å². The molecule has 1 aromatic rings. The zero-order valence-corrected chi connectivity index (χ0v) is 12.2. The normalized spacial score (nSPS) is 21.8. The average molecular weight is 300 g/mol. The molecule has 0 spiro atoms. The first kappa shape index (κ1) is 14.9. The molecule has 110 valence electrons. The van der Waals surface area contributed by atoms with Crippen LogP contribution in [-0.2, 0) is 0 Å². The Morgan fingerprint density at radius 1 is 1.50 bits per heavy atom. The third-order valence-corrected chi connectivity index (χ3v) is 4.63. The number of anilines is 1. The molecule has 1 aromatic carbocycles. The molecule has 0 aliphatic heterocycles. The standard InChI is InChI=1S/C13H17FN2O3S/c1-19-9-6-11(14)13(16(17)18)12(7-9)15-8-3-4-10(5-8)20-2/h6-8,10,15H,3-5H2,1-2H3. The van der Waals surface area contributed by atoms with Gasteiger partial charge in [0.1, 0.15) is 11.4 Å². The van der Waals surface area contributed by atoms with Crippen molar-refractivity contribution in [2.75, 3.05) is 18.7 Å². The average Bonchev–Trinajstić information content (AvgIpc) is 2.85. The Labute approximate surface area is 121 Å². The maximum Gasteiger partial charge on any atom is 0.327 e. The van der Waals surface area contributed by atoms with Crippen LogP contribution in [0.3, 0.4) is 0 Å². The number of methoxy groups -OCH3 is 1. The molecule has 0 radical (unpaired) electrons. The number of benzene rings is 1. The summed E-state index contributed by atoms with van der Waals surface area (Å²) in [6.45, 7) is 0. The monoisotopic (exact) mass is 300 g/mol. The van der Waals surface area contributed by atoms with E-state index in [0.29, 0.717) is 5.25 Å². The van der Waals surface area contributed by atoms with Crippen molar-refractivity contribution >= 4 is 23.1 Å². The molecule has 2 atom stereocenters. The van der Waals surface area contributed by atoms with Crippen molar-refractivity contribution in [3.63, 3.8) is 0 Å². The maximum absolute atomic E-state index is 13.8. The highest BCUT2D eigenvalue weighted by molar-refractivity contribution is 7.99. The molecule has 1 aliphatic carbocycles. The Kier molecular flexibility index (Phi) is 4.69. The lowest BCUT2D eigenvalue weighted by atomic mass is 10.2. The predicted molar refractivity (Wildman–Crippen MR) is 78.2 cm³/mol. The molecule has 2 unspecified atom stereocenters. The summed E-state index contributed by atoms with van der Waals surface area (Å²) in [5, 5.41) is 14.7. The van der Waals surface area contributed by atoms with Gasteiger partial charge in [-0.1, -0.05) is 0 Å². The smallest absolute Gasteiger partial charge is 0.327 e. The second-order valence-corrected chi connectivity index (χ2v) is 5.91. The lowest BCUT2D eigenvalue weighted by Crippen LogP contribution is -2.17. The van der Waals surface area contributed by atoms with Gasteiger partial charge in [0.15, 0.2) is 0 Å². The number of nitro benzene ring substituents is 1. The van der Waals surface area contributed by atoms with Gasteiger partial charge in [-0.25, -0.2) is 0 Å². The molecule has 7 heteroatoms. The van der Waals surface area contributed by atoms with Crippen LogP contribution in [0.15, 0.2) is 12.1 Å². The van der Waals surface area contributed by atoms with Crippen molar-refractivity contribution in [3.05, 3.63) is 28.1 Å². The lowest BCUT2D eigenvalue weighted by Gasteiger charge is -2.15. The minimum absolute atomic E-state index is 0.137. The molecule has 0 saturated heterocycles. The molecule has 20 heavy (non-hydrogen) atoms. The number of nitrogens with one attached hydrogen (secondary N) is 1. The molecule has 0 aromatic heterocycles. The summed E-state index contributed by atoms with van der Waals surface area (Å²) >= 11 is 1.80. The third kappa shape index (κ3) is 3.15. The quantitative estimate of drug-likeness (QED) is 0.666. The van der Waals surface area contributed by atoms with Gasteiger partial charge in [0, 0.05) is 23.4 Å². The van der Waals surface area contributed by atoms with E-state index < -0.39 is 16.4 Å². The summed E-state index contributed by atoms with van der Waals surface area (Å²) in [7, 11) is 1.41. The zero-order chi connectivity index (χ0) is 14.7. The predicted octanol–water partition coefficient (Wildman–Crippen LogP) is 3.44. The summed E-state index contributed by atoms with van der Waals surface area (Å²) in [6.07, 6.45) is 4.98. The fraction of sp³-hybridized carbons (Fsp3) is 0.538. The minimum Gasteiger partial charge on any atom is -0.497 e. The summed E-state index contributed by atoms with van der Waals surface area (Å²) < 4.78 is 18.8. The molecule has 0 heterocycles. The van der Waals surface area contributed by atoms with E-state index in [4.69, 9.17) is 4.74 Å². The molecule has 1 fully saturated rings. The molecule has 1 N–H and O–H groups in total. The van der Waals surface area contributed by atoms with Gasteiger partial charge in [-0.15, -0.1) is 0 Å². The van der Waals surface area contributed by atoms with Crippen molar-refractivity contribution in [1.82, 2.24) is 0 Å². The van der Waals surface area contributed by atoms with Gasteiger partial charge in [0.05, 0.1) is 12.0 Å². The van der Waals surface area contributed by atoms with Crippen LogP contribution in [0.4, 0.5) is 15.8 Å². The third-order valence-electron chi connectivity index (χ3n) is 3.53. The Balaban J connectivity index is 2.25. The Morgan fingerprint density at radius 3 is 2.80 bits per heavy atom. The van der Waals surface area contributed by atoms with Crippen molar-refractivity contribution < 1.29 is 14.1 Å². The second kappa shape index (κ2) is 6.30. The molecule has 0 bridgehead atoms. The first-order valence-electron chi connectivity index (χ1n) is 6.36. The van der Waals surface area contributed by atoms with Crippen LogP contribution in [0.2, 0.25) is 0 Å². The zero-order valence-electron chi connectivity index (χ0n) is 11.4. The Bertz CT molecular complexity index is 513. The lowest BCUT2D eigenvalue weighted by molar-refractivity contribution is -0.386. The number of nitrogens with zero attached hydrogens (tertiary/aromatic N) is 1. The largest absolute Gasteiger partial charge is 0.497 e. The van der Waals surface area contributed by atoms with Crippen molar-refractivity contribution in [2.24, 2.45) is 0 Å². The number of thioether (sulfide) groups is 1. The summed E-state index contributed by atoms with van der Waals surface area (Å²) in [6, 6.07) is 2.65. The number of ether oxygens (including phenoxy) is 1. The van der Waals surface area contributed by atoms with Crippen molar-refractivity contribution in [3.8, 4) is 5.75 Å². The molecule has 5 nitrogen and oxygen atoms in total. The van der Waals surface area contributed by atoms with Crippen LogP contribution >= 0.6 is 11.8 Å². The molecule has 1 aliphatic rings. The SMILES string of the molecule is COc1cc(F)c([N+](=O)[O-])c(NC2CCC(SC)C2)c1. The van der Waals surface area contributed by atoms with E-state index in [1.807, 2.05) is 0 Å². The van der Waals surface area contributed by atoms with Gasteiger partial charge in [-0.2, -0.15) is 16.2 Å². The number of nitro groups is 1. The van der Waals surface area contributed by atoms with Crippen LogP contribution in [-0.4, -0.2) is 29.6 Å². The van der Waals surface area contributed by atoms with Crippen molar-refractivity contribution in [1.29, 1.82) is 0 Å². The molecular weight excluding hydrogens is 283 g/mol. The van der Waals surface area contributed by atoms with Crippen LogP contribution in [0.1, 0.15) is 19.3 Å². The van der Waals surface area contributed by atoms with Gasteiger partial charge in [-0.05, 0) is 25.5 Å². The van der Waals surface area contributed by atoms with E-state index in [9.17, 15) is 14.5 Å². The van der Waals surface area contributed by atoms with Crippen LogP contribution in [0.5, 0.6) is 5.75 Å². The highest BCUT2D eigenvalue weighted by Crippen LogP contribution is 2.36. The van der Waals surface area contributed by atoms with E-state index >= 15 is 0 Å². The van der Waals surface area contributed by atoms with E-state index in [-0.39, 0.29) is 17.5 Å².